The molecule has 0 aliphatic carbocycles. The van der Waals surface area contributed by atoms with Gasteiger partial charge in [0.25, 0.3) is 5.91 Å². The first-order chi connectivity index (χ1) is 11.0. The van der Waals surface area contributed by atoms with Crippen LogP contribution in [0.1, 0.15) is 11.1 Å². The molecular formula is C18H16ClN3O. The van der Waals surface area contributed by atoms with Crippen LogP contribution in [0.2, 0.25) is 5.02 Å². The van der Waals surface area contributed by atoms with Crippen LogP contribution in [-0.4, -0.2) is 5.91 Å². The molecule has 23 heavy (non-hydrogen) atoms. The first-order valence-electron chi connectivity index (χ1n) is 7.01. The topological polar surface area (TPSA) is 64.9 Å². The van der Waals surface area contributed by atoms with Gasteiger partial charge in [-0.05, 0) is 55.3 Å². The molecular weight excluding hydrogens is 310 g/mol. The average molecular weight is 326 g/mol. The van der Waals surface area contributed by atoms with E-state index >= 15 is 0 Å². The molecule has 0 saturated carbocycles. The minimum Gasteiger partial charge on any atom is -0.360 e. The fourth-order valence-corrected chi connectivity index (χ4v) is 2.05. The van der Waals surface area contributed by atoms with Crippen molar-refractivity contribution in [1.29, 1.82) is 5.26 Å². The van der Waals surface area contributed by atoms with Crippen LogP contribution in [0.15, 0.2) is 54.2 Å². The Morgan fingerprint density at radius 1 is 1.17 bits per heavy atom. The SMILES string of the molecule is Cc1cccc(NC(=O)/C(C#N)=C\Nc2ccc(Cl)cc2)c1C. The van der Waals surface area contributed by atoms with E-state index in [0.717, 1.165) is 16.8 Å². The lowest BCUT2D eigenvalue weighted by atomic mass is 10.1. The van der Waals surface area contributed by atoms with E-state index in [4.69, 9.17) is 11.6 Å². The Bertz CT molecular complexity index is 789. The van der Waals surface area contributed by atoms with E-state index in [1.165, 1.54) is 6.20 Å². The van der Waals surface area contributed by atoms with Gasteiger partial charge in [-0.1, -0.05) is 23.7 Å². The summed E-state index contributed by atoms with van der Waals surface area (Å²) in [5.74, 6) is -0.456. The molecule has 2 aromatic carbocycles. The zero-order chi connectivity index (χ0) is 16.8. The zero-order valence-corrected chi connectivity index (χ0v) is 13.6. The summed E-state index contributed by atoms with van der Waals surface area (Å²) in [6.07, 6.45) is 1.38. The molecule has 5 heteroatoms. The Hall–Kier alpha value is -2.77. The number of hydrogen-bond donors (Lipinski definition) is 2. The van der Waals surface area contributed by atoms with Gasteiger partial charge in [0, 0.05) is 22.6 Å². The summed E-state index contributed by atoms with van der Waals surface area (Å²) >= 11 is 5.81. The van der Waals surface area contributed by atoms with Gasteiger partial charge in [-0.2, -0.15) is 5.26 Å². The predicted molar refractivity (Wildman–Crippen MR) is 93.3 cm³/mol. The van der Waals surface area contributed by atoms with Crippen LogP contribution < -0.4 is 10.6 Å². The lowest BCUT2D eigenvalue weighted by molar-refractivity contribution is -0.112. The Kier molecular flexibility index (Phi) is 5.40. The van der Waals surface area contributed by atoms with Crippen molar-refractivity contribution in [2.45, 2.75) is 13.8 Å². The van der Waals surface area contributed by atoms with E-state index in [1.807, 2.05) is 38.1 Å². The van der Waals surface area contributed by atoms with Gasteiger partial charge in [0.05, 0.1) is 0 Å². The first-order valence-corrected chi connectivity index (χ1v) is 7.39. The van der Waals surface area contributed by atoms with Crippen molar-refractivity contribution in [3.8, 4) is 6.07 Å². The maximum atomic E-state index is 12.2. The molecule has 0 heterocycles. The molecule has 0 atom stereocenters. The van der Waals surface area contributed by atoms with Gasteiger partial charge >= 0.3 is 0 Å². The Labute approximate surface area is 140 Å². The van der Waals surface area contributed by atoms with Gasteiger partial charge in [-0.15, -0.1) is 0 Å². The van der Waals surface area contributed by atoms with Gasteiger partial charge in [0.2, 0.25) is 0 Å². The highest BCUT2D eigenvalue weighted by molar-refractivity contribution is 6.30. The van der Waals surface area contributed by atoms with E-state index < -0.39 is 5.91 Å². The lowest BCUT2D eigenvalue weighted by Crippen LogP contribution is -2.15. The van der Waals surface area contributed by atoms with Gasteiger partial charge < -0.3 is 10.6 Å². The predicted octanol–water partition coefficient (Wildman–Crippen LogP) is 4.41. The number of benzene rings is 2. The highest BCUT2D eigenvalue weighted by atomic mass is 35.5. The normalized spacial score (nSPS) is 10.8. The van der Waals surface area contributed by atoms with E-state index in [9.17, 15) is 10.1 Å². The molecule has 0 saturated heterocycles. The van der Waals surface area contributed by atoms with E-state index in [0.29, 0.717) is 10.7 Å². The molecule has 4 nitrogen and oxygen atoms in total. The highest BCUT2D eigenvalue weighted by Gasteiger charge is 2.11. The maximum absolute atomic E-state index is 12.2. The number of carbonyl (C=O) groups excluding carboxylic acids is 1. The zero-order valence-electron chi connectivity index (χ0n) is 12.9. The van der Waals surface area contributed by atoms with E-state index in [-0.39, 0.29) is 5.57 Å². The third kappa shape index (κ3) is 4.35. The fraction of sp³-hybridized carbons (Fsp3) is 0.111. The summed E-state index contributed by atoms with van der Waals surface area (Å²) in [6, 6.07) is 14.5. The molecule has 1 amide bonds. The number of rotatable bonds is 4. The number of anilines is 2. The molecule has 2 N–H and O–H groups in total. The number of carbonyl (C=O) groups is 1. The number of halogens is 1. The van der Waals surface area contributed by atoms with Crippen molar-refractivity contribution in [2.24, 2.45) is 0 Å². The monoisotopic (exact) mass is 325 g/mol. The van der Waals surface area contributed by atoms with Crippen LogP contribution in [0.5, 0.6) is 0 Å². The summed E-state index contributed by atoms with van der Waals surface area (Å²) in [7, 11) is 0. The lowest BCUT2D eigenvalue weighted by Gasteiger charge is -2.10. The third-order valence-electron chi connectivity index (χ3n) is 3.45. The summed E-state index contributed by atoms with van der Waals surface area (Å²) < 4.78 is 0. The average Bonchev–Trinajstić information content (AvgIpc) is 2.54. The number of nitriles is 1. The first kappa shape index (κ1) is 16.6. The highest BCUT2D eigenvalue weighted by Crippen LogP contribution is 2.19. The van der Waals surface area contributed by atoms with E-state index in [1.54, 1.807) is 24.3 Å². The van der Waals surface area contributed by atoms with Gasteiger partial charge in [0.1, 0.15) is 11.6 Å². The molecule has 0 aliphatic heterocycles. The summed E-state index contributed by atoms with van der Waals surface area (Å²) in [5.41, 5.74) is 3.47. The number of hydrogen-bond acceptors (Lipinski definition) is 3. The molecule has 0 aromatic heterocycles. The van der Waals surface area contributed by atoms with Crippen molar-refractivity contribution in [3.63, 3.8) is 0 Å². The number of amides is 1. The minimum atomic E-state index is -0.456. The van der Waals surface area contributed by atoms with Crippen molar-refractivity contribution in [3.05, 3.63) is 70.4 Å². The molecule has 2 aromatic rings. The quantitative estimate of drug-likeness (QED) is 0.646. The summed E-state index contributed by atoms with van der Waals surface area (Å²) in [4.78, 5) is 12.2. The fourth-order valence-electron chi connectivity index (χ4n) is 1.93. The van der Waals surface area contributed by atoms with Crippen LogP contribution in [0.4, 0.5) is 11.4 Å². The van der Waals surface area contributed by atoms with Crippen LogP contribution in [0, 0.1) is 25.2 Å². The van der Waals surface area contributed by atoms with Gasteiger partial charge in [-0.25, -0.2) is 0 Å². The molecule has 0 spiro atoms. The summed E-state index contributed by atoms with van der Waals surface area (Å²) in [6.45, 7) is 3.89. The summed E-state index contributed by atoms with van der Waals surface area (Å²) in [5, 5.41) is 15.5. The molecule has 0 fully saturated rings. The molecule has 116 valence electrons. The molecule has 0 bridgehead atoms. The van der Waals surface area contributed by atoms with Gasteiger partial charge in [0.15, 0.2) is 0 Å². The molecule has 0 unspecified atom stereocenters. The van der Waals surface area contributed by atoms with Crippen LogP contribution in [0.3, 0.4) is 0 Å². The Balaban J connectivity index is 2.12. The van der Waals surface area contributed by atoms with Crippen molar-refractivity contribution in [1.82, 2.24) is 0 Å². The minimum absolute atomic E-state index is 0.0131. The largest absolute Gasteiger partial charge is 0.360 e. The number of nitrogens with zero attached hydrogens (tertiary/aromatic N) is 1. The standard InChI is InChI=1S/C18H16ClN3O/c1-12-4-3-5-17(13(12)2)22-18(23)14(10-20)11-21-16-8-6-15(19)7-9-16/h3-9,11,21H,1-2H3,(H,22,23)/b14-11-. The second kappa shape index (κ2) is 7.48. The van der Waals surface area contributed by atoms with Gasteiger partial charge in [-0.3, -0.25) is 4.79 Å². The van der Waals surface area contributed by atoms with Crippen LogP contribution >= 0.6 is 11.6 Å². The van der Waals surface area contributed by atoms with Crippen LogP contribution in [-0.2, 0) is 4.79 Å². The Morgan fingerprint density at radius 2 is 1.87 bits per heavy atom. The third-order valence-corrected chi connectivity index (χ3v) is 3.70. The second-order valence-electron chi connectivity index (χ2n) is 5.02. The number of aryl methyl sites for hydroxylation is 1. The Morgan fingerprint density at radius 3 is 2.52 bits per heavy atom. The van der Waals surface area contributed by atoms with E-state index in [2.05, 4.69) is 10.6 Å². The molecule has 2 rings (SSSR count). The van der Waals surface area contributed by atoms with Crippen molar-refractivity contribution in [2.75, 3.05) is 10.6 Å². The van der Waals surface area contributed by atoms with Crippen LogP contribution in [0.25, 0.3) is 0 Å². The van der Waals surface area contributed by atoms with Crippen molar-refractivity contribution >= 4 is 28.9 Å². The maximum Gasteiger partial charge on any atom is 0.267 e. The second-order valence-corrected chi connectivity index (χ2v) is 5.46. The molecule has 0 radical (unpaired) electrons. The van der Waals surface area contributed by atoms with Crippen molar-refractivity contribution < 1.29 is 4.79 Å². The number of nitrogens with one attached hydrogen (secondary N) is 2. The molecule has 0 aliphatic rings. The smallest absolute Gasteiger partial charge is 0.267 e.